The third-order valence-electron chi connectivity index (χ3n) is 2.50. The number of rotatable bonds is 3. The van der Waals surface area contributed by atoms with E-state index in [9.17, 15) is 0 Å². The van der Waals surface area contributed by atoms with E-state index in [-0.39, 0.29) is 5.54 Å². The van der Waals surface area contributed by atoms with Gasteiger partial charge in [0, 0.05) is 25.9 Å². The molecule has 0 amide bonds. The summed E-state index contributed by atoms with van der Waals surface area (Å²) < 4.78 is 0. The molecule has 2 unspecified atom stereocenters. The predicted octanol–water partition coefficient (Wildman–Crippen LogP) is 0.276. The molecule has 4 heteroatoms. The highest BCUT2D eigenvalue weighted by Crippen LogP contribution is 2.34. The minimum atomic E-state index is 0.133. The molecular weight excluding hydrogens is 170 g/mol. The molecule has 72 valence electrons. The monoisotopic (exact) mass is 189 g/mol. The lowest BCUT2D eigenvalue weighted by molar-refractivity contribution is 0.164. The summed E-state index contributed by atoms with van der Waals surface area (Å²) in [5.74, 6) is 1.22. The first-order valence-corrected chi connectivity index (χ1v) is 5.42. The molecule has 2 atom stereocenters. The van der Waals surface area contributed by atoms with Crippen LogP contribution in [-0.2, 0) is 0 Å². The van der Waals surface area contributed by atoms with Gasteiger partial charge in [-0.2, -0.15) is 11.8 Å². The zero-order valence-electron chi connectivity index (χ0n) is 8.13. The molecule has 0 saturated carbocycles. The molecule has 12 heavy (non-hydrogen) atoms. The van der Waals surface area contributed by atoms with Gasteiger partial charge in [-0.05, 0) is 12.2 Å². The Labute approximate surface area is 79.0 Å². The van der Waals surface area contributed by atoms with Crippen LogP contribution in [0.1, 0.15) is 13.3 Å². The predicted molar refractivity (Wildman–Crippen MR) is 55.1 cm³/mol. The molecule has 3 N–H and O–H groups in total. The maximum absolute atomic E-state index is 5.80. The Balaban J connectivity index is 2.61. The Morgan fingerprint density at radius 3 is 2.67 bits per heavy atom. The first kappa shape index (κ1) is 10.3. The van der Waals surface area contributed by atoms with E-state index >= 15 is 0 Å². The van der Waals surface area contributed by atoms with E-state index in [4.69, 9.17) is 5.73 Å². The molecular formula is C8H19N3S. The van der Waals surface area contributed by atoms with Crippen LogP contribution in [0.25, 0.3) is 0 Å². The number of hydrazine groups is 1. The zero-order chi connectivity index (χ0) is 9.19. The number of hydrogen-bond donors (Lipinski definition) is 2. The van der Waals surface area contributed by atoms with Crippen LogP contribution in [0, 0.1) is 0 Å². The molecule has 1 aliphatic heterocycles. The summed E-state index contributed by atoms with van der Waals surface area (Å²) in [6, 6.07) is 0. The fourth-order valence-electron chi connectivity index (χ4n) is 1.69. The highest BCUT2D eigenvalue weighted by molar-refractivity contribution is 8.00. The third kappa shape index (κ3) is 1.93. The van der Waals surface area contributed by atoms with Crippen LogP contribution in [0.5, 0.6) is 0 Å². The summed E-state index contributed by atoms with van der Waals surface area (Å²) in [7, 11) is 4.04. The van der Waals surface area contributed by atoms with E-state index < -0.39 is 0 Å². The smallest absolute Gasteiger partial charge is 0.0571 e. The Morgan fingerprint density at radius 2 is 2.33 bits per heavy atom. The van der Waals surface area contributed by atoms with E-state index in [2.05, 4.69) is 12.3 Å². The summed E-state index contributed by atoms with van der Waals surface area (Å²) >= 11 is 2.00. The molecule has 0 aromatic carbocycles. The van der Waals surface area contributed by atoms with E-state index in [1.54, 1.807) is 0 Å². The maximum atomic E-state index is 5.80. The van der Waals surface area contributed by atoms with Crippen LogP contribution < -0.4 is 11.2 Å². The molecule has 3 nitrogen and oxygen atoms in total. The van der Waals surface area contributed by atoms with Gasteiger partial charge in [-0.25, -0.2) is 10.4 Å². The van der Waals surface area contributed by atoms with Crippen LogP contribution in [0.3, 0.4) is 0 Å². The van der Waals surface area contributed by atoms with Crippen molar-refractivity contribution >= 4 is 11.8 Å². The summed E-state index contributed by atoms with van der Waals surface area (Å²) in [5, 5.41) is 2.62. The maximum Gasteiger partial charge on any atom is 0.0571 e. The van der Waals surface area contributed by atoms with E-state index in [1.165, 1.54) is 12.2 Å². The van der Waals surface area contributed by atoms with Crippen LogP contribution in [0.4, 0.5) is 0 Å². The molecule has 0 aromatic rings. The lowest BCUT2D eigenvalue weighted by Crippen LogP contribution is -2.59. The lowest BCUT2D eigenvalue weighted by atomic mass is 9.94. The highest BCUT2D eigenvalue weighted by atomic mass is 32.2. The fraction of sp³-hybridized carbons (Fsp3) is 1.00. The second-order valence-corrected chi connectivity index (χ2v) is 5.08. The summed E-state index contributed by atoms with van der Waals surface area (Å²) in [6.45, 7) is 2.97. The first-order chi connectivity index (χ1) is 5.60. The normalized spacial score (nSPS) is 36.2. The molecule has 1 rings (SSSR count). The van der Waals surface area contributed by atoms with Gasteiger partial charge in [0.25, 0.3) is 0 Å². The summed E-state index contributed by atoms with van der Waals surface area (Å²) in [6.07, 6.45) is 1.17. The van der Waals surface area contributed by atoms with Crippen LogP contribution in [-0.4, -0.2) is 42.2 Å². The molecule has 0 bridgehead atoms. The van der Waals surface area contributed by atoms with Gasteiger partial charge >= 0.3 is 0 Å². The van der Waals surface area contributed by atoms with Crippen LogP contribution in [0.2, 0.25) is 0 Å². The largest absolute Gasteiger partial charge is 0.329 e. The minimum absolute atomic E-state index is 0.133. The van der Waals surface area contributed by atoms with Gasteiger partial charge in [0.15, 0.2) is 0 Å². The Hall–Kier alpha value is 0.230. The second kappa shape index (κ2) is 3.96. The molecule has 1 heterocycles. The average Bonchev–Trinajstić information content (AvgIpc) is 2.32. The summed E-state index contributed by atoms with van der Waals surface area (Å²) in [4.78, 5) is 0. The highest BCUT2D eigenvalue weighted by Gasteiger charge is 2.39. The van der Waals surface area contributed by atoms with Crippen molar-refractivity contribution in [3.8, 4) is 0 Å². The van der Waals surface area contributed by atoms with Crippen molar-refractivity contribution in [2.24, 2.45) is 5.73 Å². The van der Waals surface area contributed by atoms with Crippen LogP contribution in [0.15, 0.2) is 0 Å². The summed E-state index contributed by atoms with van der Waals surface area (Å²) in [5.41, 5.74) is 9.38. The first-order valence-electron chi connectivity index (χ1n) is 4.37. The van der Waals surface area contributed by atoms with E-state index in [1.807, 2.05) is 30.9 Å². The van der Waals surface area contributed by atoms with Crippen molar-refractivity contribution in [1.82, 2.24) is 10.4 Å². The standard InChI is InChI=1S/C8H19N3S/c1-7-8(6-9,4-5-12-7)10-11(2)3/h7,10H,4-6,9H2,1-3H3. The SMILES string of the molecule is CC1SCCC1(CN)NN(C)C. The molecule has 1 fully saturated rings. The van der Waals surface area contributed by atoms with Gasteiger partial charge < -0.3 is 5.73 Å². The van der Waals surface area contributed by atoms with Crippen molar-refractivity contribution in [2.75, 3.05) is 26.4 Å². The zero-order valence-corrected chi connectivity index (χ0v) is 8.95. The minimum Gasteiger partial charge on any atom is -0.329 e. The molecule has 0 aliphatic carbocycles. The van der Waals surface area contributed by atoms with Gasteiger partial charge in [-0.3, -0.25) is 0 Å². The molecule has 1 saturated heterocycles. The molecule has 0 aromatic heterocycles. The van der Waals surface area contributed by atoms with Gasteiger partial charge in [-0.1, -0.05) is 6.92 Å². The quantitative estimate of drug-likeness (QED) is 0.626. The van der Waals surface area contributed by atoms with Crippen LogP contribution >= 0.6 is 11.8 Å². The average molecular weight is 189 g/mol. The van der Waals surface area contributed by atoms with E-state index in [0.29, 0.717) is 5.25 Å². The van der Waals surface area contributed by atoms with Gasteiger partial charge in [-0.15, -0.1) is 0 Å². The number of nitrogens with one attached hydrogen (secondary N) is 1. The van der Waals surface area contributed by atoms with Crippen molar-refractivity contribution in [3.05, 3.63) is 0 Å². The van der Waals surface area contributed by atoms with Gasteiger partial charge in [0.05, 0.1) is 5.54 Å². The second-order valence-electron chi connectivity index (χ2n) is 3.63. The van der Waals surface area contributed by atoms with E-state index in [0.717, 1.165) is 6.54 Å². The number of thioether (sulfide) groups is 1. The van der Waals surface area contributed by atoms with Gasteiger partial charge in [0.2, 0.25) is 0 Å². The van der Waals surface area contributed by atoms with Crippen molar-refractivity contribution in [3.63, 3.8) is 0 Å². The third-order valence-corrected chi connectivity index (χ3v) is 3.90. The van der Waals surface area contributed by atoms with Crippen molar-refractivity contribution < 1.29 is 0 Å². The Morgan fingerprint density at radius 1 is 1.67 bits per heavy atom. The van der Waals surface area contributed by atoms with Gasteiger partial charge in [0.1, 0.15) is 0 Å². The Bertz CT molecular complexity index is 151. The lowest BCUT2D eigenvalue weighted by Gasteiger charge is -2.35. The number of hydrogen-bond acceptors (Lipinski definition) is 4. The fourth-order valence-corrected chi connectivity index (χ4v) is 3.11. The molecule has 0 radical (unpaired) electrons. The number of nitrogens with two attached hydrogens (primary N) is 1. The number of nitrogens with zero attached hydrogens (tertiary/aromatic N) is 1. The Kier molecular flexibility index (Phi) is 3.40. The van der Waals surface area contributed by atoms with Crippen molar-refractivity contribution in [2.45, 2.75) is 24.1 Å². The topological polar surface area (TPSA) is 41.3 Å². The molecule has 1 aliphatic rings. The molecule has 0 spiro atoms. The van der Waals surface area contributed by atoms with Crippen molar-refractivity contribution in [1.29, 1.82) is 0 Å².